The van der Waals surface area contributed by atoms with Crippen molar-refractivity contribution in [3.05, 3.63) is 46.5 Å². The second kappa shape index (κ2) is 4.99. The van der Waals surface area contributed by atoms with E-state index in [1.165, 1.54) is 29.4 Å². The molecule has 2 aromatic carbocycles. The van der Waals surface area contributed by atoms with E-state index in [4.69, 9.17) is 0 Å². The zero-order valence-corrected chi connectivity index (χ0v) is 11.6. The highest BCUT2D eigenvalue weighted by atomic mass is 14.3. The fourth-order valence-corrected chi connectivity index (χ4v) is 3.42. The quantitative estimate of drug-likeness (QED) is 0.820. The molecule has 0 fully saturated rings. The van der Waals surface area contributed by atoms with Crippen molar-refractivity contribution in [1.29, 1.82) is 10.5 Å². The van der Waals surface area contributed by atoms with Gasteiger partial charge in [-0.2, -0.15) is 10.5 Å². The molecule has 0 aliphatic heterocycles. The van der Waals surface area contributed by atoms with E-state index < -0.39 is 0 Å². The van der Waals surface area contributed by atoms with Gasteiger partial charge in [0, 0.05) is 5.39 Å². The predicted molar refractivity (Wildman–Crippen MR) is 79.3 cm³/mol. The van der Waals surface area contributed by atoms with E-state index in [2.05, 4.69) is 25.1 Å². The van der Waals surface area contributed by atoms with Crippen LogP contribution in [0.15, 0.2) is 24.3 Å². The predicted octanol–water partition coefficient (Wildman–Crippen LogP) is 4.41. The molecule has 0 saturated carbocycles. The number of rotatable bonds is 3. The first kappa shape index (κ1) is 12.7. The summed E-state index contributed by atoms with van der Waals surface area (Å²) in [5, 5.41) is 20.9. The van der Waals surface area contributed by atoms with Gasteiger partial charge in [-0.3, -0.25) is 0 Å². The Morgan fingerprint density at radius 3 is 2.70 bits per heavy atom. The summed E-state index contributed by atoms with van der Waals surface area (Å²) in [6.07, 6.45) is 4.50. The van der Waals surface area contributed by atoms with Crippen LogP contribution < -0.4 is 0 Å². The molecule has 0 radical (unpaired) electrons. The van der Waals surface area contributed by atoms with E-state index in [0.29, 0.717) is 17.0 Å². The molecule has 20 heavy (non-hydrogen) atoms. The maximum atomic E-state index is 9.44. The molecule has 0 bridgehead atoms. The summed E-state index contributed by atoms with van der Waals surface area (Å²) in [4.78, 5) is 0. The molecular formula is C18H16N2. The molecule has 0 aromatic heterocycles. The third-order valence-corrected chi connectivity index (χ3v) is 4.31. The molecule has 2 heteroatoms. The lowest BCUT2D eigenvalue weighted by Gasteiger charge is -2.13. The van der Waals surface area contributed by atoms with Gasteiger partial charge in [0.25, 0.3) is 0 Å². The van der Waals surface area contributed by atoms with E-state index >= 15 is 0 Å². The van der Waals surface area contributed by atoms with Crippen molar-refractivity contribution in [1.82, 2.24) is 0 Å². The lowest BCUT2D eigenvalue weighted by Crippen LogP contribution is -1.99. The summed E-state index contributed by atoms with van der Waals surface area (Å²) in [5.74, 6) is 0.442. The third-order valence-electron chi connectivity index (χ3n) is 4.31. The molecule has 0 amide bonds. The Morgan fingerprint density at radius 2 is 2.00 bits per heavy atom. The number of unbranched alkanes of at least 4 members (excludes halogenated alkanes) is 1. The second-order valence-electron chi connectivity index (χ2n) is 5.49. The van der Waals surface area contributed by atoms with Crippen LogP contribution in [0.4, 0.5) is 0 Å². The Hall–Kier alpha value is -2.32. The summed E-state index contributed by atoms with van der Waals surface area (Å²) in [6.45, 7) is 2.20. The highest BCUT2D eigenvalue weighted by molar-refractivity contribution is 5.97. The van der Waals surface area contributed by atoms with Gasteiger partial charge >= 0.3 is 0 Å². The fourth-order valence-electron chi connectivity index (χ4n) is 3.42. The highest BCUT2D eigenvalue weighted by Gasteiger charge is 2.28. The van der Waals surface area contributed by atoms with Crippen LogP contribution in [0.2, 0.25) is 0 Å². The topological polar surface area (TPSA) is 47.6 Å². The smallest absolute Gasteiger partial charge is 0.0998 e. The molecule has 3 rings (SSSR count). The lowest BCUT2D eigenvalue weighted by atomic mass is 9.89. The monoisotopic (exact) mass is 260 g/mol. The minimum atomic E-state index is 0.442. The minimum absolute atomic E-state index is 0.442. The minimum Gasteiger partial charge on any atom is -0.192 e. The van der Waals surface area contributed by atoms with Gasteiger partial charge in [0.15, 0.2) is 0 Å². The van der Waals surface area contributed by atoms with E-state index in [0.717, 1.165) is 18.2 Å². The van der Waals surface area contributed by atoms with Crippen molar-refractivity contribution >= 4 is 10.8 Å². The van der Waals surface area contributed by atoms with Crippen LogP contribution in [0.3, 0.4) is 0 Å². The zero-order chi connectivity index (χ0) is 14.1. The first-order chi connectivity index (χ1) is 9.80. The van der Waals surface area contributed by atoms with Crippen LogP contribution in [-0.2, 0) is 6.42 Å². The summed E-state index contributed by atoms with van der Waals surface area (Å²) in [5.41, 5.74) is 3.80. The number of nitriles is 2. The van der Waals surface area contributed by atoms with Gasteiger partial charge in [-0.05, 0) is 41.3 Å². The Bertz CT molecular complexity index is 760. The summed E-state index contributed by atoms with van der Waals surface area (Å²) >= 11 is 0. The van der Waals surface area contributed by atoms with Crippen molar-refractivity contribution in [2.24, 2.45) is 0 Å². The van der Waals surface area contributed by atoms with Crippen LogP contribution in [0.5, 0.6) is 0 Å². The molecule has 1 aliphatic carbocycles. The zero-order valence-electron chi connectivity index (χ0n) is 11.6. The molecule has 0 spiro atoms. The maximum Gasteiger partial charge on any atom is 0.0998 e. The second-order valence-corrected chi connectivity index (χ2v) is 5.49. The van der Waals surface area contributed by atoms with Gasteiger partial charge in [0.05, 0.1) is 23.3 Å². The number of hydrogen-bond acceptors (Lipinski definition) is 2. The van der Waals surface area contributed by atoms with Gasteiger partial charge < -0.3 is 0 Å². The molecule has 2 aromatic rings. The van der Waals surface area contributed by atoms with Crippen molar-refractivity contribution < 1.29 is 0 Å². The van der Waals surface area contributed by atoms with Crippen molar-refractivity contribution in [2.45, 2.75) is 38.5 Å². The average Bonchev–Trinajstić information content (AvgIpc) is 2.86. The van der Waals surface area contributed by atoms with Crippen LogP contribution >= 0.6 is 0 Å². The van der Waals surface area contributed by atoms with E-state index in [9.17, 15) is 10.5 Å². The third kappa shape index (κ3) is 1.77. The summed E-state index contributed by atoms with van der Waals surface area (Å²) in [6, 6.07) is 12.5. The molecule has 1 aliphatic rings. The molecule has 98 valence electrons. The van der Waals surface area contributed by atoms with Crippen LogP contribution in [-0.4, -0.2) is 0 Å². The van der Waals surface area contributed by atoms with E-state index in [1.807, 2.05) is 12.1 Å². The maximum absolute atomic E-state index is 9.44. The SMILES string of the molecule is CCCCC1Cc2cccc3c(C#N)cc(C#N)c1c23. The number of hydrogen-bond donors (Lipinski definition) is 0. The van der Waals surface area contributed by atoms with Gasteiger partial charge in [-0.25, -0.2) is 0 Å². The number of benzene rings is 2. The van der Waals surface area contributed by atoms with Gasteiger partial charge in [-0.15, -0.1) is 0 Å². The van der Waals surface area contributed by atoms with Crippen LogP contribution in [0.25, 0.3) is 10.8 Å². The fraction of sp³-hybridized carbons (Fsp3) is 0.333. The summed E-state index contributed by atoms with van der Waals surface area (Å²) < 4.78 is 0. The number of nitrogens with zero attached hydrogens (tertiary/aromatic N) is 2. The highest BCUT2D eigenvalue weighted by Crippen LogP contribution is 2.43. The van der Waals surface area contributed by atoms with Gasteiger partial charge in [0.1, 0.15) is 0 Å². The Kier molecular flexibility index (Phi) is 3.17. The van der Waals surface area contributed by atoms with E-state index in [1.54, 1.807) is 6.07 Å². The normalized spacial score (nSPS) is 16.1. The van der Waals surface area contributed by atoms with Gasteiger partial charge in [0.2, 0.25) is 0 Å². The van der Waals surface area contributed by atoms with Crippen molar-refractivity contribution in [3.8, 4) is 12.1 Å². The standard InChI is InChI=1S/C18H16N2/c1-2-3-5-12-8-13-6-4-7-16-14(10-19)9-15(11-20)17(12)18(13)16/h4,6-7,9,12H,2-3,5,8H2,1H3. The largest absolute Gasteiger partial charge is 0.192 e. The molecule has 0 N–H and O–H groups in total. The van der Waals surface area contributed by atoms with Crippen molar-refractivity contribution in [2.75, 3.05) is 0 Å². The molecular weight excluding hydrogens is 244 g/mol. The first-order valence-corrected chi connectivity index (χ1v) is 7.18. The molecule has 1 unspecified atom stereocenters. The lowest BCUT2D eigenvalue weighted by molar-refractivity contribution is 0.597. The van der Waals surface area contributed by atoms with E-state index in [-0.39, 0.29) is 0 Å². The Morgan fingerprint density at radius 1 is 1.20 bits per heavy atom. The molecule has 0 heterocycles. The average molecular weight is 260 g/mol. The molecule has 0 saturated heterocycles. The summed E-state index contributed by atoms with van der Waals surface area (Å²) in [7, 11) is 0. The molecule has 1 atom stereocenters. The van der Waals surface area contributed by atoms with Crippen LogP contribution in [0.1, 0.15) is 54.4 Å². The van der Waals surface area contributed by atoms with Gasteiger partial charge in [-0.1, -0.05) is 38.0 Å². The van der Waals surface area contributed by atoms with Crippen LogP contribution in [0, 0.1) is 22.7 Å². The van der Waals surface area contributed by atoms with Crippen molar-refractivity contribution in [3.63, 3.8) is 0 Å². The first-order valence-electron chi connectivity index (χ1n) is 7.18. The Balaban J connectivity index is 2.28. The molecule has 2 nitrogen and oxygen atoms in total. The Labute approximate surface area is 119 Å².